The fourth-order valence-electron chi connectivity index (χ4n) is 2.67. The summed E-state index contributed by atoms with van der Waals surface area (Å²) in [4.78, 5) is 27.0. The second-order valence-electron chi connectivity index (χ2n) is 6.94. The number of benzene rings is 1. The zero-order valence-electron chi connectivity index (χ0n) is 15.5. The predicted octanol–water partition coefficient (Wildman–Crippen LogP) is 2.37. The van der Waals surface area contributed by atoms with Gasteiger partial charge in [-0.1, -0.05) is 29.8 Å². The SMILES string of the molecule is COCCCN(Cc1ccc(C)cc1)C(=O)C1CSC(C)(C)C(=O)N1. The molecule has 6 heteroatoms. The number of hydrogen-bond acceptors (Lipinski definition) is 4. The highest BCUT2D eigenvalue weighted by atomic mass is 32.2. The normalized spacial score (nSPS) is 19.4. The summed E-state index contributed by atoms with van der Waals surface area (Å²) in [5, 5.41) is 2.89. The molecule has 5 nitrogen and oxygen atoms in total. The number of amides is 2. The van der Waals surface area contributed by atoms with Crippen LogP contribution >= 0.6 is 11.8 Å². The van der Waals surface area contributed by atoms with Crippen LogP contribution in [0.25, 0.3) is 0 Å². The van der Waals surface area contributed by atoms with Crippen LogP contribution in [0.4, 0.5) is 0 Å². The van der Waals surface area contributed by atoms with Gasteiger partial charge in [-0.25, -0.2) is 0 Å². The molecule has 25 heavy (non-hydrogen) atoms. The van der Waals surface area contributed by atoms with Crippen LogP contribution in [-0.4, -0.2) is 53.5 Å². The topological polar surface area (TPSA) is 58.6 Å². The third kappa shape index (κ3) is 5.47. The van der Waals surface area contributed by atoms with E-state index in [0.29, 0.717) is 25.4 Å². The maximum Gasteiger partial charge on any atom is 0.246 e. The van der Waals surface area contributed by atoms with Gasteiger partial charge >= 0.3 is 0 Å². The van der Waals surface area contributed by atoms with Crippen molar-refractivity contribution in [1.29, 1.82) is 0 Å². The monoisotopic (exact) mass is 364 g/mol. The highest BCUT2D eigenvalue weighted by Gasteiger charge is 2.39. The Morgan fingerprint density at radius 3 is 2.64 bits per heavy atom. The summed E-state index contributed by atoms with van der Waals surface area (Å²) in [6, 6.07) is 7.73. The second kappa shape index (κ2) is 8.72. The lowest BCUT2D eigenvalue weighted by molar-refractivity contribution is -0.137. The zero-order chi connectivity index (χ0) is 18.4. The first-order chi connectivity index (χ1) is 11.8. The molecule has 0 aromatic heterocycles. The minimum Gasteiger partial charge on any atom is -0.385 e. The van der Waals surface area contributed by atoms with E-state index in [1.807, 2.05) is 49.9 Å². The fourth-order valence-corrected chi connectivity index (χ4v) is 3.66. The molecule has 1 saturated heterocycles. The van der Waals surface area contributed by atoms with Crippen molar-refractivity contribution in [2.24, 2.45) is 0 Å². The molecule has 0 radical (unpaired) electrons. The summed E-state index contributed by atoms with van der Waals surface area (Å²) in [5.41, 5.74) is 2.28. The maximum absolute atomic E-state index is 13.0. The van der Waals surface area contributed by atoms with E-state index in [0.717, 1.165) is 12.0 Å². The van der Waals surface area contributed by atoms with Crippen molar-refractivity contribution in [3.8, 4) is 0 Å². The molecule has 1 atom stereocenters. The standard InChI is InChI=1S/C19H28N2O3S/c1-14-6-8-15(9-7-14)12-21(10-5-11-24-4)17(22)16-13-25-19(2,3)18(23)20-16/h6-9,16H,5,10-13H2,1-4H3,(H,20,23). The predicted molar refractivity (Wildman–Crippen MR) is 102 cm³/mol. The van der Waals surface area contributed by atoms with Crippen LogP contribution in [0.5, 0.6) is 0 Å². The van der Waals surface area contributed by atoms with Crippen LogP contribution in [0.15, 0.2) is 24.3 Å². The molecular weight excluding hydrogens is 336 g/mol. The lowest BCUT2D eigenvalue weighted by Crippen LogP contribution is -2.57. The summed E-state index contributed by atoms with van der Waals surface area (Å²) >= 11 is 1.53. The molecule has 0 aliphatic carbocycles. The molecule has 0 saturated carbocycles. The minimum atomic E-state index is -0.478. The van der Waals surface area contributed by atoms with E-state index in [9.17, 15) is 9.59 Å². The van der Waals surface area contributed by atoms with Crippen molar-refractivity contribution in [2.45, 2.75) is 44.5 Å². The minimum absolute atomic E-state index is 0.0203. The van der Waals surface area contributed by atoms with Crippen molar-refractivity contribution in [2.75, 3.05) is 26.0 Å². The van der Waals surface area contributed by atoms with E-state index in [4.69, 9.17) is 4.74 Å². The van der Waals surface area contributed by atoms with Gasteiger partial charge in [0.2, 0.25) is 11.8 Å². The summed E-state index contributed by atoms with van der Waals surface area (Å²) in [5.74, 6) is 0.508. The maximum atomic E-state index is 13.0. The van der Waals surface area contributed by atoms with Crippen LogP contribution in [0.3, 0.4) is 0 Å². The Hall–Kier alpha value is -1.53. The molecule has 1 aliphatic rings. The third-order valence-corrected chi connectivity index (χ3v) is 5.75. The number of carbonyl (C=O) groups excluding carboxylic acids is 2. The largest absolute Gasteiger partial charge is 0.385 e. The lowest BCUT2D eigenvalue weighted by Gasteiger charge is -2.35. The molecule has 1 N–H and O–H groups in total. The van der Waals surface area contributed by atoms with Gasteiger partial charge in [-0.05, 0) is 32.8 Å². The average molecular weight is 365 g/mol. The van der Waals surface area contributed by atoms with E-state index in [-0.39, 0.29) is 11.8 Å². The first kappa shape index (κ1) is 19.8. The van der Waals surface area contributed by atoms with Crippen molar-refractivity contribution >= 4 is 23.6 Å². The van der Waals surface area contributed by atoms with Crippen LogP contribution < -0.4 is 5.32 Å². The number of hydrogen-bond donors (Lipinski definition) is 1. The molecule has 2 rings (SSSR count). The van der Waals surface area contributed by atoms with E-state index in [1.165, 1.54) is 17.3 Å². The first-order valence-electron chi connectivity index (χ1n) is 8.61. The Morgan fingerprint density at radius 1 is 1.36 bits per heavy atom. The summed E-state index contributed by atoms with van der Waals surface area (Å²) in [6.07, 6.45) is 0.771. The number of aryl methyl sites for hydroxylation is 1. The molecule has 0 bridgehead atoms. The van der Waals surface area contributed by atoms with Gasteiger partial charge in [0.05, 0.1) is 4.75 Å². The Kier molecular flexibility index (Phi) is 6.90. The smallest absolute Gasteiger partial charge is 0.246 e. The fraction of sp³-hybridized carbons (Fsp3) is 0.579. The molecule has 1 heterocycles. The van der Waals surface area contributed by atoms with Gasteiger partial charge < -0.3 is 15.0 Å². The van der Waals surface area contributed by atoms with Gasteiger partial charge in [-0.15, -0.1) is 11.8 Å². The average Bonchev–Trinajstić information content (AvgIpc) is 2.58. The number of methoxy groups -OCH3 is 1. The summed E-state index contributed by atoms with van der Waals surface area (Å²) in [7, 11) is 1.66. The zero-order valence-corrected chi connectivity index (χ0v) is 16.3. The van der Waals surface area contributed by atoms with E-state index in [2.05, 4.69) is 5.32 Å². The quantitative estimate of drug-likeness (QED) is 0.755. The first-order valence-corrected chi connectivity index (χ1v) is 9.60. The van der Waals surface area contributed by atoms with Crippen LogP contribution in [0.2, 0.25) is 0 Å². The molecule has 1 aromatic carbocycles. The van der Waals surface area contributed by atoms with E-state index in [1.54, 1.807) is 7.11 Å². The highest BCUT2D eigenvalue weighted by molar-refractivity contribution is 8.01. The molecule has 0 spiro atoms. The Labute approximate surface area is 154 Å². The van der Waals surface area contributed by atoms with Gasteiger partial charge in [0, 0.05) is 32.6 Å². The Bertz CT molecular complexity index is 601. The number of nitrogens with one attached hydrogen (secondary N) is 1. The van der Waals surface area contributed by atoms with Gasteiger partial charge in [-0.3, -0.25) is 9.59 Å². The Morgan fingerprint density at radius 2 is 2.04 bits per heavy atom. The summed E-state index contributed by atoms with van der Waals surface area (Å²) < 4.78 is 4.64. The second-order valence-corrected chi connectivity index (χ2v) is 8.58. The molecular formula is C19H28N2O3S. The number of carbonyl (C=O) groups is 2. The third-order valence-electron chi connectivity index (χ3n) is 4.34. The van der Waals surface area contributed by atoms with Gasteiger partial charge in [-0.2, -0.15) is 0 Å². The van der Waals surface area contributed by atoms with Crippen molar-refractivity contribution in [3.63, 3.8) is 0 Å². The molecule has 138 valence electrons. The van der Waals surface area contributed by atoms with E-state index < -0.39 is 10.8 Å². The van der Waals surface area contributed by atoms with Gasteiger partial charge in [0.25, 0.3) is 0 Å². The summed E-state index contributed by atoms with van der Waals surface area (Å²) in [6.45, 7) is 7.58. The van der Waals surface area contributed by atoms with Gasteiger partial charge in [0.15, 0.2) is 0 Å². The van der Waals surface area contributed by atoms with Crippen LogP contribution in [-0.2, 0) is 20.9 Å². The van der Waals surface area contributed by atoms with Crippen molar-refractivity contribution in [3.05, 3.63) is 35.4 Å². The number of nitrogens with zero attached hydrogens (tertiary/aromatic N) is 1. The lowest BCUT2D eigenvalue weighted by atomic mass is 10.1. The number of thioether (sulfide) groups is 1. The molecule has 1 unspecified atom stereocenters. The Balaban J connectivity index is 2.07. The molecule has 1 fully saturated rings. The number of ether oxygens (including phenoxy) is 1. The molecule has 1 aromatic rings. The van der Waals surface area contributed by atoms with Crippen LogP contribution in [0, 0.1) is 6.92 Å². The van der Waals surface area contributed by atoms with Crippen LogP contribution in [0.1, 0.15) is 31.4 Å². The highest BCUT2D eigenvalue weighted by Crippen LogP contribution is 2.29. The van der Waals surface area contributed by atoms with Gasteiger partial charge in [0.1, 0.15) is 6.04 Å². The van der Waals surface area contributed by atoms with E-state index >= 15 is 0 Å². The molecule has 1 aliphatic heterocycles. The molecule has 2 amide bonds. The van der Waals surface area contributed by atoms with Crippen molar-refractivity contribution < 1.29 is 14.3 Å². The number of rotatable bonds is 7. The van der Waals surface area contributed by atoms with Crippen molar-refractivity contribution in [1.82, 2.24) is 10.2 Å².